The summed E-state index contributed by atoms with van der Waals surface area (Å²) < 4.78 is 0. The predicted octanol–water partition coefficient (Wildman–Crippen LogP) is 2.77. The van der Waals surface area contributed by atoms with Crippen LogP contribution < -0.4 is 5.73 Å². The lowest BCUT2D eigenvalue weighted by Crippen LogP contribution is -2.32. The van der Waals surface area contributed by atoms with Gasteiger partial charge in [0.25, 0.3) is 0 Å². The van der Waals surface area contributed by atoms with Gasteiger partial charge in [0.1, 0.15) is 0 Å². The topological polar surface area (TPSA) is 49.9 Å². The second kappa shape index (κ2) is 4.38. The molecule has 0 amide bonds. The molecule has 2 heteroatoms. The maximum atomic E-state index is 8.01. The zero-order valence-corrected chi connectivity index (χ0v) is 9.87. The maximum absolute atomic E-state index is 8.01. The van der Waals surface area contributed by atoms with Crippen molar-refractivity contribution in [2.75, 3.05) is 0 Å². The van der Waals surface area contributed by atoms with Gasteiger partial charge in [0, 0.05) is 17.7 Å². The minimum Gasteiger partial charge on any atom is -0.325 e. The first-order chi connectivity index (χ1) is 7.60. The Labute approximate surface area is 97.4 Å². The van der Waals surface area contributed by atoms with E-state index in [0.29, 0.717) is 5.92 Å². The lowest BCUT2D eigenvalue weighted by atomic mass is 9.92. The van der Waals surface area contributed by atoms with Gasteiger partial charge >= 0.3 is 0 Å². The van der Waals surface area contributed by atoms with E-state index in [9.17, 15) is 0 Å². The van der Waals surface area contributed by atoms with E-state index in [2.05, 4.69) is 19.1 Å². The first-order valence-electron chi connectivity index (χ1n) is 5.99. The smallest absolute Gasteiger partial charge is 0.0185 e. The molecule has 0 spiro atoms. The van der Waals surface area contributed by atoms with Gasteiger partial charge in [0.2, 0.25) is 0 Å². The molecule has 0 radical (unpaired) electrons. The monoisotopic (exact) mass is 216 g/mol. The third-order valence-corrected chi connectivity index (χ3v) is 3.62. The number of hydrogen-bond donors (Lipinski definition) is 2. The Morgan fingerprint density at radius 2 is 2.00 bits per heavy atom. The molecule has 1 aromatic carbocycles. The zero-order chi connectivity index (χ0) is 11.6. The normalized spacial score (nSPS) is 19.1. The molecule has 1 fully saturated rings. The van der Waals surface area contributed by atoms with Gasteiger partial charge in [-0.3, -0.25) is 0 Å². The highest BCUT2D eigenvalue weighted by Crippen LogP contribution is 2.41. The molecule has 1 aliphatic carbocycles. The van der Waals surface area contributed by atoms with Crippen LogP contribution in [-0.4, -0.2) is 11.3 Å². The standard InChI is InChI=1S/C14H20N2/c1-11(14(16)7-8-14)9-13(15)10-12-5-3-2-4-6-12/h2-6,11,15H,7-10,16H2,1H3/t11-/m1/s1. The molecule has 1 atom stereocenters. The molecule has 86 valence electrons. The van der Waals surface area contributed by atoms with Crippen LogP contribution in [0.3, 0.4) is 0 Å². The zero-order valence-electron chi connectivity index (χ0n) is 9.87. The maximum Gasteiger partial charge on any atom is 0.0185 e. The van der Waals surface area contributed by atoms with Crippen LogP contribution in [-0.2, 0) is 6.42 Å². The Morgan fingerprint density at radius 1 is 1.38 bits per heavy atom. The Kier molecular flexibility index (Phi) is 3.10. The quantitative estimate of drug-likeness (QED) is 0.730. The average Bonchev–Trinajstić information content (AvgIpc) is 2.99. The van der Waals surface area contributed by atoms with Crippen LogP contribution in [0.25, 0.3) is 0 Å². The summed E-state index contributed by atoms with van der Waals surface area (Å²) in [7, 11) is 0. The van der Waals surface area contributed by atoms with E-state index < -0.39 is 0 Å². The molecule has 0 unspecified atom stereocenters. The van der Waals surface area contributed by atoms with Crippen LogP contribution in [0.4, 0.5) is 0 Å². The summed E-state index contributed by atoms with van der Waals surface area (Å²) in [5.74, 6) is 0.448. The fourth-order valence-corrected chi connectivity index (χ4v) is 2.12. The first kappa shape index (κ1) is 11.3. The second-order valence-electron chi connectivity index (χ2n) is 5.10. The van der Waals surface area contributed by atoms with Gasteiger partial charge in [0.05, 0.1) is 0 Å². The van der Waals surface area contributed by atoms with E-state index >= 15 is 0 Å². The van der Waals surface area contributed by atoms with Gasteiger partial charge in [-0.25, -0.2) is 0 Å². The average molecular weight is 216 g/mol. The lowest BCUT2D eigenvalue weighted by molar-refractivity contribution is 0.451. The Balaban J connectivity index is 1.85. The van der Waals surface area contributed by atoms with Gasteiger partial charge in [-0.2, -0.15) is 0 Å². The van der Waals surface area contributed by atoms with Crippen LogP contribution in [0.5, 0.6) is 0 Å². The highest BCUT2D eigenvalue weighted by Gasteiger charge is 2.43. The predicted molar refractivity (Wildman–Crippen MR) is 67.8 cm³/mol. The van der Waals surface area contributed by atoms with Crippen molar-refractivity contribution < 1.29 is 0 Å². The molecule has 0 saturated heterocycles. The van der Waals surface area contributed by atoms with E-state index in [1.165, 1.54) is 5.56 Å². The molecule has 3 N–H and O–H groups in total. The molecule has 1 saturated carbocycles. The van der Waals surface area contributed by atoms with Gasteiger partial charge in [-0.1, -0.05) is 37.3 Å². The summed E-state index contributed by atoms with van der Waals surface area (Å²) in [4.78, 5) is 0. The van der Waals surface area contributed by atoms with Crippen LogP contribution in [0, 0.1) is 11.3 Å². The fraction of sp³-hybridized carbons (Fsp3) is 0.500. The largest absolute Gasteiger partial charge is 0.325 e. The summed E-state index contributed by atoms with van der Waals surface area (Å²) >= 11 is 0. The van der Waals surface area contributed by atoms with Crippen LogP contribution in [0.1, 0.15) is 31.7 Å². The Hall–Kier alpha value is -1.15. The van der Waals surface area contributed by atoms with Crippen molar-refractivity contribution in [2.24, 2.45) is 11.7 Å². The van der Waals surface area contributed by atoms with Gasteiger partial charge in [-0.05, 0) is 30.7 Å². The van der Waals surface area contributed by atoms with Crippen molar-refractivity contribution in [2.45, 2.75) is 38.1 Å². The van der Waals surface area contributed by atoms with E-state index in [1.54, 1.807) is 0 Å². The van der Waals surface area contributed by atoms with E-state index in [4.69, 9.17) is 11.1 Å². The highest BCUT2D eigenvalue weighted by atomic mass is 14.8. The van der Waals surface area contributed by atoms with Gasteiger partial charge in [-0.15, -0.1) is 0 Å². The number of nitrogens with one attached hydrogen (secondary N) is 1. The molecular weight excluding hydrogens is 196 g/mol. The molecule has 2 nitrogen and oxygen atoms in total. The Bertz CT molecular complexity index is 366. The molecular formula is C14H20N2. The lowest BCUT2D eigenvalue weighted by Gasteiger charge is -2.19. The number of nitrogens with two attached hydrogens (primary N) is 1. The van der Waals surface area contributed by atoms with Crippen LogP contribution in [0.2, 0.25) is 0 Å². The minimum atomic E-state index is 0.0446. The summed E-state index contributed by atoms with van der Waals surface area (Å²) in [6.07, 6.45) is 3.87. The number of benzene rings is 1. The fourth-order valence-electron chi connectivity index (χ4n) is 2.12. The van der Waals surface area contributed by atoms with E-state index in [1.807, 2.05) is 18.2 Å². The summed E-state index contributed by atoms with van der Waals surface area (Å²) in [5, 5.41) is 8.01. The molecule has 0 aliphatic heterocycles. The van der Waals surface area contributed by atoms with Crippen molar-refractivity contribution in [1.29, 1.82) is 5.41 Å². The number of rotatable bonds is 5. The molecule has 0 aromatic heterocycles. The molecule has 1 aliphatic rings. The third kappa shape index (κ3) is 2.70. The molecule has 16 heavy (non-hydrogen) atoms. The van der Waals surface area contributed by atoms with Crippen molar-refractivity contribution >= 4 is 5.71 Å². The van der Waals surface area contributed by atoms with Crippen LogP contribution in [0.15, 0.2) is 30.3 Å². The highest BCUT2D eigenvalue weighted by molar-refractivity contribution is 5.83. The van der Waals surface area contributed by atoms with E-state index in [-0.39, 0.29) is 5.54 Å². The SMILES string of the molecule is C[C@H](CC(=N)Cc1ccccc1)C1(N)CC1. The van der Waals surface area contributed by atoms with E-state index in [0.717, 1.165) is 31.4 Å². The third-order valence-electron chi connectivity index (χ3n) is 3.62. The van der Waals surface area contributed by atoms with Crippen molar-refractivity contribution in [3.8, 4) is 0 Å². The van der Waals surface area contributed by atoms with Gasteiger partial charge < -0.3 is 11.1 Å². The first-order valence-corrected chi connectivity index (χ1v) is 5.99. The van der Waals surface area contributed by atoms with Gasteiger partial charge in [0.15, 0.2) is 0 Å². The minimum absolute atomic E-state index is 0.0446. The molecule has 1 aromatic rings. The molecule has 0 bridgehead atoms. The van der Waals surface area contributed by atoms with Crippen LogP contribution >= 0.6 is 0 Å². The summed E-state index contributed by atoms with van der Waals surface area (Å²) in [6.45, 7) is 2.17. The Morgan fingerprint density at radius 3 is 2.56 bits per heavy atom. The summed E-state index contributed by atoms with van der Waals surface area (Å²) in [5.41, 5.74) is 8.20. The number of hydrogen-bond acceptors (Lipinski definition) is 2. The van der Waals surface area contributed by atoms with Crippen molar-refractivity contribution in [3.05, 3.63) is 35.9 Å². The van der Waals surface area contributed by atoms with Crippen molar-refractivity contribution in [3.63, 3.8) is 0 Å². The van der Waals surface area contributed by atoms with Crippen molar-refractivity contribution in [1.82, 2.24) is 0 Å². The second-order valence-corrected chi connectivity index (χ2v) is 5.10. The summed E-state index contributed by atoms with van der Waals surface area (Å²) in [6, 6.07) is 10.2. The molecule has 2 rings (SSSR count). The molecule has 0 heterocycles.